The summed E-state index contributed by atoms with van der Waals surface area (Å²) >= 11 is 0. The van der Waals surface area contributed by atoms with Gasteiger partial charge in [0.2, 0.25) is 0 Å². The van der Waals surface area contributed by atoms with Gasteiger partial charge in [0.1, 0.15) is 0 Å². The molecule has 0 spiro atoms. The molecule has 2 bridgehead atoms. The number of aromatic nitrogens is 2. The zero-order valence-corrected chi connectivity index (χ0v) is 12.6. The number of amides is 1. The molecule has 114 valence electrons. The van der Waals surface area contributed by atoms with Gasteiger partial charge >= 0.3 is 6.03 Å². The van der Waals surface area contributed by atoms with Gasteiger partial charge in [-0.05, 0) is 36.8 Å². The number of piperidine rings is 1. The predicted molar refractivity (Wildman–Crippen MR) is 84.6 cm³/mol. The molecule has 2 aromatic rings. The smallest absolute Gasteiger partial charge is 0.333 e. The van der Waals surface area contributed by atoms with Gasteiger partial charge in [-0.25, -0.2) is 4.79 Å². The third-order valence-corrected chi connectivity index (χ3v) is 4.92. The summed E-state index contributed by atoms with van der Waals surface area (Å²) in [5.41, 5.74) is 3.27. The number of hydrogen-bond donors (Lipinski definition) is 2. The van der Waals surface area contributed by atoms with Crippen LogP contribution in [0.3, 0.4) is 0 Å². The van der Waals surface area contributed by atoms with Crippen molar-refractivity contribution in [3.8, 4) is 11.1 Å². The van der Waals surface area contributed by atoms with Gasteiger partial charge in [0.25, 0.3) is 0 Å². The van der Waals surface area contributed by atoms with E-state index in [2.05, 4.69) is 34.8 Å². The van der Waals surface area contributed by atoms with Gasteiger partial charge in [0.15, 0.2) is 0 Å². The Hall–Kier alpha value is -2.14. The Kier molecular flexibility index (Phi) is 3.22. The molecule has 1 aromatic heterocycles. The highest BCUT2D eigenvalue weighted by Crippen LogP contribution is 2.31. The fraction of sp³-hybridized carbons (Fsp3) is 0.412. The Morgan fingerprint density at radius 2 is 2.23 bits per heavy atom. The molecule has 1 aromatic carbocycles. The molecule has 3 atom stereocenters. The zero-order valence-electron chi connectivity index (χ0n) is 12.6. The lowest BCUT2D eigenvalue weighted by Gasteiger charge is -2.23. The molecule has 3 unspecified atom stereocenters. The third kappa shape index (κ3) is 2.31. The Morgan fingerprint density at radius 3 is 2.95 bits per heavy atom. The summed E-state index contributed by atoms with van der Waals surface area (Å²) in [5.74, 6) is 0.570. The largest absolute Gasteiger partial charge is 0.342 e. The summed E-state index contributed by atoms with van der Waals surface area (Å²) in [6.07, 6.45) is 5.77. The lowest BCUT2D eigenvalue weighted by atomic mass is 10.0. The highest BCUT2D eigenvalue weighted by Gasteiger charge is 2.40. The maximum atomic E-state index is 12.4. The van der Waals surface area contributed by atoms with E-state index in [1.807, 2.05) is 18.3 Å². The molecule has 1 aliphatic carbocycles. The monoisotopic (exact) mass is 296 g/mol. The Balaban J connectivity index is 1.49. The fourth-order valence-electron chi connectivity index (χ4n) is 3.71. The normalized spacial score (nSPS) is 26.3. The van der Waals surface area contributed by atoms with Crippen molar-refractivity contribution in [2.24, 2.45) is 5.92 Å². The van der Waals surface area contributed by atoms with E-state index in [1.54, 1.807) is 6.20 Å². The van der Waals surface area contributed by atoms with Crippen molar-refractivity contribution in [1.82, 2.24) is 20.4 Å². The van der Waals surface area contributed by atoms with Crippen LogP contribution in [0.1, 0.15) is 18.4 Å². The topological polar surface area (TPSA) is 59.0 Å². The number of nitrogens with zero attached hydrogens (tertiary/aromatic N) is 2. The van der Waals surface area contributed by atoms with Gasteiger partial charge in [-0.15, -0.1) is 0 Å². The first kappa shape index (κ1) is 13.5. The molecule has 1 saturated carbocycles. The number of benzene rings is 1. The molecule has 2 aliphatic rings. The average Bonchev–Trinajstić information content (AvgIpc) is 3.24. The maximum absolute atomic E-state index is 12.4. The summed E-state index contributed by atoms with van der Waals surface area (Å²) in [5, 5.41) is 10.8. The Labute approximate surface area is 129 Å². The minimum atomic E-state index is -0.127. The number of carbonyl (C=O) groups is 1. The van der Waals surface area contributed by atoms with Crippen LogP contribution in [0.25, 0.3) is 11.1 Å². The van der Waals surface area contributed by atoms with E-state index in [-0.39, 0.29) is 12.1 Å². The van der Waals surface area contributed by atoms with Crippen LogP contribution in [0, 0.1) is 12.8 Å². The number of hydrogen-bond acceptors (Lipinski definition) is 3. The van der Waals surface area contributed by atoms with E-state index in [9.17, 15) is 4.79 Å². The molecule has 2 N–H and O–H groups in total. The molecule has 1 saturated heterocycles. The second-order valence-corrected chi connectivity index (χ2v) is 6.38. The first-order chi connectivity index (χ1) is 10.7. The van der Waals surface area contributed by atoms with Crippen molar-refractivity contribution in [2.75, 3.05) is 6.54 Å². The van der Waals surface area contributed by atoms with E-state index in [0.717, 1.165) is 24.1 Å². The minimum Gasteiger partial charge on any atom is -0.333 e. The van der Waals surface area contributed by atoms with E-state index in [1.165, 1.54) is 16.7 Å². The van der Waals surface area contributed by atoms with Crippen molar-refractivity contribution < 1.29 is 4.79 Å². The van der Waals surface area contributed by atoms with Crippen LogP contribution in [-0.2, 0) is 0 Å². The molecule has 2 heterocycles. The second-order valence-electron chi connectivity index (χ2n) is 6.38. The van der Waals surface area contributed by atoms with Crippen molar-refractivity contribution in [1.29, 1.82) is 0 Å². The molecule has 0 radical (unpaired) electrons. The highest BCUT2D eigenvalue weighted by atomic mass is 16.2. The van der Waals surface area contributed by atoms with E-state index in [0.29, 0.717) is 12.0 Å². The van der Waals surface area contributed by atoms with Crippen LogP contribution in [0.15, 0.2) is 36.7 Å². The number of aryl methyl sites for hydroxylation is 1. The lowest BCUT2D eigenvalue weighted by Crippen LogP contribution is -2.45. The van der Waals surface area contributed by atoms with Crippen molar-refractivity contribution >= 4 is 6.03 Å². The van der Waals surface area contributed by atoms with Crippen LogP contribution in [0.2, 0.25) is 0 Å². The molecule has 4 rings (SSSR count). The fourth-order valence-corrected chi connectivity index (χ4v) is 3.71. The lowest BCUT2D eigenvalue weighted by molar-refractivity contribution is 0.230. The van der Waals surface area contributed by atoms with Crippen LogP contribution in [0.4, 0.5) is 4.79 Å². The molecular formula is C17H20N4O. The van der Waals surface area contributed by atoms with Crippen LogP contribution < -0.4 is 10.6 Å². The molecular weight excluding hydrogens is 276 g/mol. The van der Waals surface area contributed by atoms with Gasteiger partial charge in [-0.3, -0.25) is 0 Å². The SMILES string of the molecule is Cc1ccccc1-c1cnn(C(=O)NC2CC3CC2CN3)c1. The summed E-state index contributed by atoms with van der Waals surface area (Å²) in [7, 11) is 0. The Bertz CT molecular complexity index is 708. The molecule has 1 aliphatic heterocycles. The number of carbonyl (C=O) groups excluding carboxylic acids is 1. The van der Waals surface area contributed by atoms with E-state index >= 15 is 0 Å². The van der Waals surface area contributed by atoms with Gasteiger partial charge < -0.3 is 10.6 Å². The van der Waals surface area contributed by atoms with Crippen LogP contribution >= 0.6 is 0 Å². The molecule has 2 fully saturated rings. The summed E-state index contributed by atoms with van der Waals surface area (Å²) in [6.45, 7) is 3.08. The Morgan fingerprint density at radius 1 is 1.36 bits per heavy atom. The number of rotatable bonds is 2. The standard InChI is InChI=1S/C17H20N4O/c1-11-4-2-3-5-15(11)13-9-19-21(10-13)17(22)20-16-7-14-6-12(16)8-18-14/h2-5,9-10,12,14,16,18H,6-8H2,1H3,(H,20,22). The minimum absolute atomic E-state index is 0.127. The average molecular weight is 296 g/mol. The highest BCUT2D eigenvalue weighted by molar-refractivity contribution is 5.78. The van der Waals surface area contributed by atoms with Crippen LogP contribution in [0.5, 0.6) is 0 Å². The first-order valence-electron chi connectivity index (χ1n) is 7.85. The summed E-state index contributed by atoms with van der Waals surface area (Å²) in [4.78, 5) is 12.4. The molecule has 22 heavy (non-hydrogen) atoms. The van der Waals surface area contributed by atoms with Crippen molar-refractivity contribution in [3.05, 3.63) is 42.2 Å². The van der Waals surface area contributed by atoms with Crippen LogP contribution in [-0.4, -0.2) is 34.4 Å². The molecule has 1 amide bonds. The van der Waals surface area contributed by atoms with Gasteiger partial charge in [-0.2, -0.15) is 9.78 Å². The first-order valence-corrected chi connectivity index (χ1v) is 7.85. The number of nitrogens with one attached hydrogen (secondary N) is 2. The third-order valence-electron chi connectivity index (χ3n) is 4.92. The van der Waals surface area contributed by atoms with E-state index < -0.39 is 0 Å². The van der Waals surface area contributed by atoms with Crippen molar-refractivity contribution in [3.63, 3.8) is 0 Å². The quantitative estimate of drug-likeness (QED) is 0.893. The summed E-state index contributed by atoms with van der Waals surface area (Å²) < 4.78 is 1.42. The maximum Gasteiger partial charge on any atom is 0.342 e. The predicted octanol–water partition coefficient (Wildman–Crippen LogP) is 2.17. The van der Waals surface area contributed by atoms with Gasteiger partial charge in [-0.1, -0.05) is 24.3 Å². The summed E-state index contributed by atoms with van der Waals surface area (Å²) in [6, 6.07) is 8.87. The number of fused-ring (bicyclic) bond motifs is 2. The van der Waals surface area contributed by atoms with Gasteiger partial charge in [0.05, 0.1) is 6.20 Å². The second kappa shape index (κ2) is 5.25. The molecule has 5 nitrogen and oxygen atoms in total. The van der Waals surface area contributed by atoms with Gasteiger partial charge in [0, 0.05) is 30.4 Å². The van der Waals surface area contributed by atoms with E-state index in [4.69, 9.17) is 0 Å². The zero-order chi connectivity index (χ0) is 15.1. The van der Waals surface area contributed by atoms with Crippen molar-refractivity contribution in [2.45, 2.75) is 31.8 Å². The molecule has 5 heteroatoms.